The summed E-state index contributed by atoms with van der Waals surface area (Å²) in [6.07, 6.45) is 0.977. The number of hydrogen-bond acceptors (Lipinski definition) is 5. The number of hydrogen-bond donors (Lipinski definition) is 0. The lowest BCUT2D eigenvalue weighted by Gasteiger charge is -2.36. The van der Waals surface area contributed by atoms with Gasteiger partial charge in [0.15, 0.2) is 17.7 Å². The summed E-state index contributed by atoms with van der Waals surface area (Å²) in [5, 5.41) is 0. The zero-order chi connectivity index (χ0) is 14.7. The van der Waals surface area contributed by atoms with Gasteiger partial charge in [0.25, 0.3) is 5.91 Å². The van der Waals surface area contributed by atoms with Crippen molar-refractivity contribution < 1.29 is 18.7 Å². The van der Waals surface area contributed by atoms with E-state index in [4.69, 9.17) is 9.47 Å². The first kappa shape index (κ1) is 14.2. The van der Waals surface area contributed by atoms with Crippen molar-refractivity contribution in [1.82, 2.24) is 9.88 Å². The average Bonchev–Trinajstić information content (AvgIpc) is 2.55. The van der Waals surface area contributed by atoms with Crippen molar-refractivity contribution in [2.45, 2.75) is 6.10 Å². The fourth-order valence-electron chi connectivity index (χ4n) is 2.59. The minimum atomic E-state index is -0.571. The molecule has 2 saturated heterocycles. The van der Waals surface area contributed by atoms with E-state index in [1.807, 2.05) is 0 Å². The van der Waals surface area contributed by atoms with Crippen LogP contribution in [0.2, 0.25) is 0 Å². The van der Waals surface area contributed by atoms with Gasteiger partial charge in [-0.05, 0) is 12.1 Å². The standard InChI is InChI=1S/C14H18FN3O3/c15-11-2-1-3-16-13(11)18-6-9-21-12(10-18)14(19)17-4-7-20-8-5-17/h1-3,12H,4-10H2. The highest BCUT2D eigenvalue weighted by molar-refractivity contribution is 5.82. The first-order valence-corrected chi connectivity index (χ1v) is 7.09. The SMILES string of the molecule is O=C(C1CN(c2ncccc2F)CCO1)N1CCOCC1. The van der Waals surface area contributed by atoms with Crippen LogP contribution < -0.4 is 4.90 Å². The van der Waals surface area contributed by atoms with Crippen LogP contribution in [-0.2, 0) is 14.3 Å². The monoisotopic (exact) mass is 295 g/mol. The Morgan fingerprint density at radius 1 is 1.29 bits per heavy atom. The fourth-order valence-corrected chi connectivity index (χ4v) is 2.59. The van der Waals surface area contributed by atoms with Crippen LogP contribution in [0.1, 0.15) is 0 Å². The van der Waals surface area contributed by atoms with E-state index in [-0.39, 0.29) is 17.5 Å². The quantitative estimate of drug-likeness (QED) is 0.785. The molecule has 3 rings (SSSR count). The highest BCUT2D eigenvalue weighted by Gasteiger charge is 2.32. The number of nitrogens with zero attached hydrogens (tertiary/aromatic N) is 3. The summed E-state index contributed by atoms with van der Waals surface area (Å²) in [6.45, 7) is 3.50. The van der Waals surface area contributed by atoms with Crippen LogP contribution in [0.25, 0.3) is 0 Å². The van der Waals surface area contributed by atoms with Gasteiger partial charge in [-0.25, -0.2) is 9.37 Å². The number of carbonyl (C=O) groups is 1. The zero-order valence-electron chi connectivity index (χ0n) is 11.7. The second-order valence-corrected chi connectivity index (χ2v) is 5.05. The Bertz CT molecular complexity index is 508. The van der Waals surface area contributed by atoms with Crippen molar-refractivity contribution in [3.8, 4) is 0 Å². The molecule has 0 spiro atoms. The van der Waals surface area contributed by atoms with E-state index < -0.39 is 6.10 Å². The molecule has 6 nitrogen and oxygen atoms in total. The number of rotatable bonds is 2. The normalized spacial score (nSPS) is 23.2. The Balaban J connectivity index is 1.68. The minimum Gasteiger partial charge on any atom is -0.378 e. The summed E-state index contributed by atoms with van der Waals surface area (Å²) in [5.74, 6) is -0.156. The number of pyridine rings is 1. The van der Waals surface area contributed by atoms with E-state index in [1.54, 1.807) is 22.1 Å². The van der Waals surface area contributed by atoms with E-state index in [0.717, 1.165) is 0 Å². The van der Waals surface area contributed by atoms with Crippen LogP contribution in [0.5, 0.6) is 0 Å². The fraction of sp³-hybridized carbons (Fsp3) is 0.571. The summed E-state index contributed by atoms with van der Waals surface area (Å²) in [7, 11) is 0. The predicted octanol–water partition coefficient (Wildman–Crippen LogP) is 0.285. The van der Waals surface area contributed by atoms with Crippen LogP contribution >= 0.6 is 0 Å². The molecule has 7 heteroatoms. The van der Waals surface area contributed by atoms with Crippen LogP contribution in [0.4, 0.5) is 10.2 Å². The van der Waals surface area contributed by atoms with E-state index in [0.29, 0.717) is 46.0 Å². The molecule has 21 heavy (non-hydrogen) atoms. The van der Waals surface area contributed by atoms with Crippen LogP contribution in [0.15, 0.2) is 18.3 Å². The Kier molecular flexibility index (Phi) is 4.31. The van der Waals surface area contributed by atoms with Crippen LogP contribution in [-0.4, -0.2) is 67.9 Å². The number of morpholine rings is 2. The number of anilines is 1. The lowest BCUT2D eigenvalue weighted by atomic mass is 10.2. The topological polar surface area (TPSA) is 54.9 Å². The summed E-state index contributed by atoms with van der Waals surface area (Å²) >= 11 is 0. The maximum atomic E-state index is 13.8. The molecule has 0 bridgehead atoms. The van der Waals surface area contributed by atoms with Crippen molar-refractivity contribution in [1.29, 1.82) is 0 Å². The smallest absolute Gasteiger partial charge is 0.253 e. The highest BCUT2D eigenvalue weighted by Crippen LogP contribution is 2.19. The Morgan fingerprint density at radius 3 is 2.86 bits per heavy atom. The zero-order valence-corrected chi connectivity index (χ0v) is 11.7. The van der Waals surface area contributed by atoms with Gasteiger partial charge in [-0.3, -0.25) is 4.79 Å². The van der Waals surface area contributed by atoms with Gasteiger partial charge >= 0.3 is 0 Å². The molecule has 2 fully saturated rings. The molecular formula is C14H18FN3O3. The molecule has 114 valence electrons. The molecule has 1 aromatic rings. The lowest BCUT2D eigenvalue weighted by Crippen LogP contribution is -2.53. The second-order valence-electron chi connectivity index (χ2n) is 5.05. The first-order valence-electron chi connectivity index (χ1n) is 7.09. The van der Waals surface area contributed by atoms with Crippen molar-refractivity contribution in [2.24, 2.45) is 0 Å². The molecule has 0 aromatic carbocycles. The molecule has 0 saturated carbocycles. The molecule has 3 heterocycles. The average molecular weight is 295 g/mol. The Labute approximate surface area is 122 Å². The van der Waals surface area contributed by atoms with Crippen LogP contribution in [0.3, 0.4) is 0 Å². The molecule has 1 amide bonds. The summed E-state index contributed by atoms with van der Waals surface area (Å²) in [5.41, 5.74) is 0. The van der Waals surface area contributed by atoms with Gasteiger partial charge < -0.3 is 19.3 Å². The van der Waals surface area contributed by atoms with Crippen molar-refractivity contribution in [3.05, 3.63) is 24.1 Å². The summed E-state index contributed by atoms with van der Waals surface area (Å²) in [6, 6.07) is 2.92. The number of halogens is 1. The molecular weight excluding hydrogens is 277 g/mol. The third kappa shape index (κ3) is 3.14. The van der Waals surface area contributed by atoms with Gasteiger partial charge in [-0.2, -0.15) is 0 Å². The third-order valence-corrected chi connectivity index (χ3v) is 3.70. The number of carbonyl (C=O) groups excluding carboxylic acids is 1. The van der Waals surface area contributed by atoms with Crippen LogP contribution in [0, 0.1) is 5.82 Å². The molecule has 1 atom stereocenters. The van der Waals surface area contributed by atoms with E-state index in [2.05, 4.69) is 4.98 Å². The maximum Gasteiger partial charge on any atom is 0.253 e. The third-order valence-electron chi connectivity index (χ3n) is 3.70. The highest BCUT2D eigenvalue weighted by atomic mass is 19.1. The van der Waals surface area contributed by atoms with Gasteiger partial charge in [0.1, 0.15) is 0 Å². The molecule has 1 unspecified atom stereocenters. The Morgan fingerprint density at radius 2 is 2.10 bits per heavy atom. The maximum absolute atomic E-state index is 13.8. The van der Waals surface area contributed by atoms with Crippen molar-refractivity contribution in [2.75, 3.05) is 50.9 Å². The van der Waals surface area contributed by atoms with E-state index in [1.165, 1.54) is 6.07 Å². The van der Waals surface area contributed by atoms with Gasteiger partial charge in [0.05, 0.1) is 26.4 Å². The molecule has 2 aliphatic rings. The predicted molar refractivity (Wildman–Crippen MR) is 73.5 cm³/mol. The number of ether oxygens (including phenoxy) is 2. The van der Waals surface area contributed by atoms with Gasteiger partial charge in [-0.1, -0.05) is 0 Å². The minimum absolute atomic E-state index is 0.0562. The first-order chi connectivity index (χ1) is 10.3. The van der Waals surface area contributed by atoms with Gasteiger partial charge in [-0.15, -0.1) is 0 Å². The summed E-state index contributed by atoms with van der Waals surface area (Å²) in [4.78, 5) is 20.0. The molecule has 1 aromatic heterocycles. The second kappa shape index (κ2) is 6.36. The molecule has 2 aliphatic heterocycles. The molecule has 0 aliphatic carbocycles. The molecule has 0 radical (unpaired) electrons. The van der Waals surface area contributed by atoms with Crippen molar-refractivity contribution in [3.63, 3.8) is 0 Å². The lowest BCUT2D eigenvalue weighted by molar-refractivity contribution is -0.148. The number of aromatic nitrogens is 1. The van der Waals surface area contributed by atoms with E-state index in [9.17, 15) is 9.18 Å². The van der Waals surface area contributed by atoms with Gasteiger partial charge in [0, 0.05) is 25.8 Å². The van der Waals surface area contributed by atoms with Gasteiger partial charge in [0.2, 0.25) is 0 Å². The largest absolute Gasteiger partial charge is 0.378 e. The Hall–Kier alpha value is -1.73. The molecule has 0 N–H and O–H groups in total. The van der Waals surface area contributed by atoms with E-state index >= 15 is 0 Å². The van der Waals surface area contributed by atoms with Crippen molar-refractivity contribution >= 4 is 11.7 Å². The summed E-state index contributed by atoms with van der Waals surface area (Å²) < 4.78 is 24.6. The number of amides is 1.